The zero-order chi connectivity index (χ0) is 13.5. The number of aryl methyl sites for hydroxylation is 1. The Balaban J connectivity index is 1.63. The van der Waals surface area contributed by atoms with Crippen LogP contribution >= 0.6 is 0 Å². The van der Waals surface area contributed by atoms with Gasteiger partial charge in [0.05, 0.1) is 0 Å². The van der Waals surface area contributed by atoms with Crippen LogP contribution < -0.4 is 5.32 Å². The molecule has 1 aromatic heterocycles. The van der Waals surface area contributed by atoms with Crippen LogP contribution in [0.3, 0.4) is 0 Å². The molecule has 1 N–H and O–H groups in total. The SMILES string of the molecule is Cc1ccnc(NCCCN(C)C2CCCCC2)n1. The van der Waals surface area contributed by atoms with E-state index in [0.29, 0.717) is 0 Å². The van der Waals surface area contributed by atoms with E-state index < -0.39 is 0 Å². The van der Waals surface area contributed by atoms with Crippen LogP contribution in [0.5, 0.6) is 0 Å². The van der Waals surface area contributed by atoms with Gasteiger partial charge in [0.2, 0.25) is 5.95 Å². The average molecular weight is 262 g/mol. The van der Waals surface area contributed by atoms with E-state index in [2.05, 4.69) is 27.2 Å². The molecule has 1 aliphatic rings. The van der Waals surface area contributed by atoms with Gasteiger partial charge in [-0.15, -0.1) is 0 Å². The monoisotopic (exact) mass is 262 g/mol. The molecule has 4 nitrogen and oxygen atoms in total. The molecule has 0 unspecified atom stereocenters. The Labute approximate surface area is 116 Å². The van der Waals surface area contributed by atoms with Gasteiger partial charge in [-0.3, -0.25) is 0 Å². The molecular weight excluding hydrogens is 236 g/mol. The highest BCUT2D eigenvalue weighted by atomic mass is 15.1. The molecule has 0 atom stereocenters. The van der Waals surface area contributed by atoms with Crippen LogP contribution in [0.4, 0.5) is 5.95 Å². The summed E-state index contributed by atoms with van der Waals surface area (Å²) in [7, 11) is 2.26. The molecule has 1 aromatic rings. The van der Waals surface area contributed by atoms with Crippen LogP contribution in [0.25, 0.3) is 0 Å². The first-order valence-corrected chi connectivity index (χ1v) is 7.49. The molecular formula is C15H26N4. The molecule has 1 fully saturated rings. The van der Waals surface area contributed by atoms with Crippen LogP contribution in [0.15, 0.2) is 12.3 Å². The molecule has 0 aromatic carbocycles. The first-order valence-electron chi connectivity index (χ1n) is 7.49. The highest BCUT2D eigenvalue weighted by Gasteiger charge is 2.17. The maximum atomic E-state index is 4.34. The van der Waals surface area contributed by atoms with E-state index in [4.69, 9.17) is 0 Å². The summed E-state index contributed by atoms with van der Waals surface area (Å²) in [5.74, 6) is 0.750. The summed E-state index contributed by atoms with van der Waals surface area (Å²) in [5.41, 5.74) is 1.01. The molecule has 0 aliphatic heterocycles. The number of nitrogens with zero attached hydrogens (tertiary/aromatic N) is 3. The van der Waals surface area contributed by atoms with Crippen molar-refractivity contribution in [1.29, 1.82) is 0 Å². The normalized spacial score (nSPS) is 16.8. The quantitative estimate of drug-likeness (QED) is 0.800. The van der Waals surface area contributed by atoms with Crippen molar-refractivity contribution in [2.45, 2.75) is 51.5 Å². The van der Waals surface area contributed by atoms with Gasteiger partial charge < -0.3 is 10.2 Å². The maximum Gasteiger partial charge on any atom is 0.222 e. The molecule has 4 heteroatoms. The number of rotatable bonds is 6. The van der Waals surface area contributed by atoms with Crippen molar-refractivity contribution >= 4 is 5.95 Å². The summed E-state index contributed by atoms with van der Waals surface area (Å²) in [6.45, 7) is 4.09. The predicted octanol–water partition coefficient (Wildman–Crippen LogP) is 2.85. The minimum atomic E-state index is 0.750. The maximum absolute atomic E-state index is 4.34. The fourth-order valence-corrected chi connectivity index (χ4v) is 2.77. The zero-order valence-corrected chi connectivity index (χ0v) is 12.2. The second-order valence-corrected chi connectivity index (χ2v) is 5.57. The summed E-state index contributed by atoms with van der Waals surface area (Å²) in [6.07, 6.45) is 9.95. The molecule has 0 amide bonds. The van der Waals surface area contributed by atoms with Gasteiger partial charge in [-0.1, -0.05) is 19.3 Å². The minimum absolute atomic E-state index is 0.750. The van der Waals surface area contributed by atoms with E-state index in [1.165, 1.54) is 32.1 Å². The molecule has 0 bridgehead atoms. The van der Waals surface area contributed by atoms with Gasteiger partial charge in [-0.2, -0.15) is 0 Å². The Morgan fingerprint density at radius 1 is 1.32 bits per heavy atom. The van der Waals surface area contributed by atoms with Gasteiger partial charge in [-0.05, 0) is 45.8 Å². The summed E-state index contributed by atoms with van der Waals surface area (Å²) in [6, 6.07) is 2.73. The molecule has 2 rings (SSSR count). The lowest BCUT2D eigenvalue weighted by atomic mass is 9.94. The Morgan fingerprint density at radius 3 is 2.84 bits per heavy atom. The molecule has 19 heavy (non-hydrogen) atoms. The smallest absolute Gasteiger partial charge is 0.222 e. The first-order chi connectivity index (χ1) is 9.25. The van der Waals surface area contributed by atoms with E-state index in [1.807, 2.05) is 13.0 Å². The lowest BCUT2D eigenvalue weighted by molar-refractivity contribution is 0.191. The van der Waals surface area contributed by atoms with Gasteiger partial charge in [0.15, 0.2) is 0 Å². The van der Waals surface area contributed by atoms with Crippen molar-refractivity contribution in [3.63, 3.8) is 0 Å². The van der Waals surface area contributed by atoms with Crippen molar-refractivity contribution in [2.75, 3.05) is 25.5 Å². The molecule has 0 spiro atoms. The van der Waals surface area contributed by atoms with Crippen LogP contribution in [0.1, 0.15) is 44.2 Å². The van der Waals surface area contributed by atoms with Crippen molar-refractivity contribution in [1.82, 2.24) is 14.9 Å². The Hall–Kier alpha value is -1.16. The Morgan fingerprint density at radius 2 is 2.11 bits per heavy atom. The Kier molecular flexibility index (Phi) is 5.58. The van der Waals surface area contributed by atoms with Gasteiger partial charge in [-0.25, -0.2) is 9.97 Å². The van der Waals surface area contributed by atoms with Crippen molar-refractivity contribution in [3.8, 4) is 0 Å². The predicted molar refractivity (Wildman–Crippen MR) is 79.4 cm³/mol. The fourth-order valence-electron chi connectivity index (χ4n) is 2.77. The number of nitrogens with one attached hydrogen (secondary N) is 1. The topological polar surface area (TPSA) is 41.1 Å². The molecule has 0 saturated heterocycles. The van der Waals surface area contributed by atoms with Crippen molar-refractivity contribution in [2.24, 2.45) is 0 Å². The van der Waals surface area contributed by atoms with E-state index in [0.717, 1.165) is 37.2 Å². The van der Waals surface area contributed by atoms with Crippen LogP contribution in [0.2, 0.25) is 0 Å². The largest absolute Gasteiger partial charge is 0.354 e. The van der Waals surface area contributed by atoms with Gasteiger partial charge in [0, 0.05) is 24.5 Å². The Bertz CT molecular complexity index is 374. The summed E-state index contributed by atoms with van der Waals surface area (Å²) < 4.78 is 0. The van der Waals surface area contributed by atoms with Crippen LogP contribution in [0, 0.1) is 6.92 Å². The lowest BCUT2D eigenvalue weighted by Crippen LogP contribution is -2.34. The molecule has 106 valence electrons. The first kappa shape index (κ1) is 14.3. The zero-order valence-electron chi connectivity index (χ0n) is 12.2. The van der Waals surface area contributed by atoms with Crippen molar-refractivity contribution in [3.05, 3.63) is 18.0 Å². The summed E-state index contributed by atoms with van der Waals surface area (Å²) in [4.78, 5) is 11.1. The van der Waals surface area contributed by atoms with Gasteiger partial charge >= 0.3 is 0 Å². The number of aromatic nitrogens is 2. The number of hydrogen-bond acceptors (Lipinski definition) is 4. The fraction of sp³-hybridized carbons (Fsp3) is 0.733. The molecule has 1 saturated carbocycles. The number of anilines is 1. The minimum Gasteiger partial charge on any atom is -0.354 e. The highest BCUT2D eigenvalue weighted by Crippen LogP contribution is 2.21. The third kappa shape index (κ3) is 4.78. The van der Waals surface area contributed by atoms with E-state index in [1.54, 1.807) is 6.20 Å². The summed E-state index contributed by atoms with van der Waals surface area (Å²) in [5, 5.41) is 3.29. The molecule has 1 heterocycles. The van der Waals surface area contributed by atoms with Crippen LogP contribution in [-0.4, -0.2) is 41.0 Å². The highest BCUT2D eigenvalue weighted by molar-refractivity contribution is 5.24. The lowest BCUT2D eigenvalue weighted by Gasteiger charge is -2.31. The second-order valence-electron chi connectivity index (χ2n) is 5.57. The van der Waals surface area contributed by atoms with E-state index in [9.17, 15) is 0 Å². The third-order valence-electron chi connectivity index (χ3n) is 3.96. The van der Waals surface area contributed by atoms with Crippen molar-refractivity contribution < 1.29 is 0 Å². The van der Waals surface area contributed by atoms with Crippen LogP contribution in [-0.2, 0) is 0 Å². The van der Waals surface area contributed by atoms with E-state index >= 15 is 0 Å². The number of hydrogen-bond donors (Lipinski definition) is 1. The second kappa shape index (κ2) is 7.43. The molecule has 1 aliphatic carbocycles. The molecule has 0 radical (unpaired) electrons. The summed E-state index contributed by atoms with van der Waals surface area (Å²) >= 11 is 0. The third-order valence-corrected chi connectivity index (χ3v) is 3.96. The van der Waals surface area contributed by atoms with Gasteiger partial charge in [0.1, 0.15) is 0 Å². The van der Waals surface area contributed by atoms with Gasteiger partial charge in [0.25, 0.3) is 0 Å². The average Bonchev–Trinajstić information content (AvgIpc) is 2.44. The van der Waals surface area contributed by atoms with E-state index in [-0.39, 0.29) is 0 Å². The standard InChI is InChI=1S/C15H26N4/c1-13-9-11-17-15(18-13)16-10-6-12-19(2)14-7-4-3-5-8-14/h9,11,14H,3-8,10,12H2,1-2H3,(H,16,17,18).